The molecule has 0 aliphatic carbocycles. The third-order valence-electron chi connectivity index (χ3n) is 2.22. The van der Waals surface area contributed by atoms with Gasteiger partial charge in [0.15, 0.2) is 4.87 Å². The van der Waals surface area contributed by atoms with Gasteiger partial charge in [0, 0.05) is 0 Å². The first-order valence-corrected chi connectivity index (χ1v) is 8.05. The fourth-order valence-corrected chi connectivity index (χ4v) is 2.33. The maximum atomic E-state index is 11.9. The largest absolute Gasteiger partial charge is 0.524 e. The minimum Gasteiger partial charge on any atom is -0.359 e. The highest BCUT2D eigenvalue weighted by molar-refractivity contribution is 7.95. The van der Waals surface area contributed by atoms with E-state index in [0.29, 0.717) is 5.75 Å². The van der Waals surface area contributed by atoms with Gasteiger partial charge in [-0.1, -0.05) is 25.6 Å². The summed E-state index contributed by atoms with van der Waals surface area (Å²) in [5.41, 5.74) is 5.41. The van der Waals surface area contributed by atoms with Gasteiger partial charge in [0.1, 0.15) is 6.04 Å². The lowest BCUT2D eigenvalue weighted by Crippen LogP contribution is -2.44. The third kappa shape index (κ3) is 6.93. The van der Waals surface area contributed by atoms with Crippen molar-refractivity contribution in [3.05, 3.63) is 0 Å². The molecule has 122 valence electrons. The molecule has 0 saturated carbocycles. The van der Waals surface area contributed by atoms with Crippen LogP contribution in [0.25, 0.3) is 0 Å². The maximum Gasteiger partial charge on any atom is 0.524 e. The molecule has 2 N–H and O–H groups in total. The van der Waals surface area contributed by atoms with Crippen LogP contribution in [0.2, 0.25) is 0 Å². The van der Waals surface area contributed by atoms with E-state index in [9.17, 15) is 14.4 Å². The monoisotopic (exact) mass is 392 g/mol. The van der Waals surface area contributed by atoms with Gasteiger partial charge in [0.05, 0.1) is 0 Å². The molecule has 0 fully saturated rings. The first-order chi connectivity index (χ1) is 9.68. The zero-order valence-electron chi connectivity index (χ0n) is 10.7. The van der Waals surface area contributed by atoms with Crippen molar-refractivity contribution in [1.82, 2.24) is 3.71 Å². The van der Waals surface area contributed by atoms with Crippen LogP contribution in [0.15, 0.2) is 0 Å². The fraction of sp³-hybridized carbons (Fsp3) is 0.667. The van der Waals surface area contributed by atoms with Crippen molar-refractivity contribution in [3.8, 4) is 0 Å². The molecular formula is C9H16N2O5S5. The molecule has 0 rings (SSSR count). The highest BCUT2D eigenvalue weighted by Gasteiger charge is 2.41. The topological polar surface area (TPSA) is 98.9 Å². The number of nitrogens with zero attached hydrogens (tertiary/aromatic N) is 1. The van der Waals surface area contributed by atoms with E-state index in [1.54, 1.807) is 0 Å². The second kappa shape index (κ2) is 10.1. The van der Waals surface area contributed by atoms with Crippen molar-refractivity contribution in [2.24, 2.45) is 5.73 Å². The van der Waals surface area contributed by atoms with Gasteiger partial charge in [-0.05, 0) is 24.3 Å². The Bertz CT molecular complexity index is 397. The summed E-state index contributed by atoms with van der Waals surface area (Å²) < 4.78 is 9.53. The van der Waals surface area contributed by atoms with Gasteiger partial charge in [0.25, 0.3) is 0 Å². The van der Waals surface area contributed by atoms with Gasteiger partial charge >= 0.3 is 18.1 Å². The van der Waals surface area contributed by atoms with Crippen LogP contribution in [0, 0.1) is 0 Å². The number of hydrogen-bond acceptors (Lipinski definition) is 12. The summed E-state index contributed by atoms with van der Waals surface area (Å²) in [6, 6.07) is -1.03. The molecule has 0 spiro atoms. The molecule has 0 bridgehead atoms. The molecule has 0 aliphatic rings. The van der Waals surface area contributed by atoms with Crippen LogP contribution in [-0.2, 0) is 19.1 Å². The van der Waals surface area contributed by atoms with Crippen molar-refractivity contribution in [1.29, 1.82) is 0 Å². The van der Waals surface area contributed by atoms with Gasteiger partial charge in [-0.15, -0.1) is 12.6 Å². The summed E-state index contributed by atoms with van der Waals surface area (Å²) in [5, 5.41) is 0. The molecule has 12 heteroatoms. The molecule has 0 aromatic rings. The summed E-state index contributed by atoms with van der Waals surface area (Å²) in [6.45, 7) is 0. The highest BCUT2D eigenvalue weighted by atomic mass is 32.2. The predicted octanol–water partition coefficient (Wildman–Crippen LogP) is 0.778. The van der Waals surface area contributed by atoms with E-state index in [1.165, 1.54) is 0 Å². The SMILES string of the molecule is N[C@@H](CCS)C(=O)OC(=O)OC(=O)[C@](S)(CCS)N(S)S. The van der Waals surface area contributed by atoms with Gasteiger partial charge in [-0.25, -0.2) is 14.4 Å². The zero-order valence-corrected chi connectivity index (χ0v) is 15.2. The number of carbonyl (C=O) groups excluding carboxylic acids is 3. The van der Waals surface area contributed by atoms with E-state index in [1.807, 2.05) is 0 Å². The van der Waals surface area contributed by atoms with E-state index in [4.69, 9.17) is 5.73 Å². The average Bonchev–Trinajstić information content (AvgIpc) is 2.38. The van der Waals surface area contributed by atoms with Crippen molar-refractivity contribution >= 4 is 81.6 Å². The minimum atomic E-state index is -1.62. The smallest absolute Gasteiger partial charge is 0.359 e. The molecule has 21 heavy (non-hydrogen) atoms. The molecule has 0 radical (unpaired) electrons. The van der Waals surface area contributed by atoms with Crippen LogP contribution >= 0.6 is 63.5 Å². The number of ether oxygens (including phenoxy) is 2. The third-order valence-corrected chi connectivity index (χ3v) is 4.31. The van der Waals surface area contributed by atoms with Crippen molar-refractivity contribution < 1.29 is 23.9 Å². The maximum absolute atomic E-state index is 11.9. The zero-order chi connectivity index (χ0) is 16.6. The number of rotatable bonds is 7. The summed E-state index contributed by atoms with van der Waals surface area (Å²) in [5.74, 6) is -1.54. The van der Waals surface area contributed by atoms with Crippen molar-refractivity contribution in [2.75, 3.05) is 11.5 Å². The lowest BCUT2D eigenvalue weighted by atomic mass is 10.2. The summed E-state index contributed by atoms with van der Waals surface area (Å²) in [7, 11) is 0. The van der Waals surface area contributed by atoms with Gasteiger partial charge < -0.3 is 15.2 Å². The first-order valence-electron chi connectivity index (χ1n) is 5.54. The molecule has 0 aromatic carbocycles. The van der Waals surface area contributed by atoms with Gasteiger partial charge in [-0.2, -0.15) is 29.0 Å². The lowest BCUT2D eigenvalue weighted by molar-refractivity contribution is -0.149. The second-order valence-electron chi connectivity index (χ2n) is 3.76. The van der Waals surface area contributed by atoms with Crippen LogP contribution in [-0.4, -0.2) is 44.2 Å². The van der Waals surface area contributed by atoms with E-state index in [-0.39, 0.29) is 18.6 Å². The Balaban J connectivity index is 4.63. The number of nitrogens with two attached hydrogens (primary N) is 1. The van der Waals surface area contributed by atoms with Crippen LogP contribution in [0.4, 0.5) is 4.79 Å². The predicted molar refractivity (Wildman–Crippen MR) is 94.0 cm³/mol. The second-order valence-corrected chi connectivity index (χ2v) is 6.51. The Morgan fingerprint density at radius 2 is 1.71 bits per heavy atom. The number of thiol groups is 5. The molecule has 0 saturated heterocycles. The number of esters is 2. The van der Waals surface area contributed by atoms with E-state index >= 15 is 0 Å². The van der Waals surface area contributed by atoms with Crippen molar-refractivity contribution in [2.45, 2.75) is 23.8 Å². The summed E-state index contributed by atoms with van der Waals surface area (Å²) in [4.78, 5) is 33.0. The van der Waals surface area contributed by atoms with E-state index < -0.39 is 29.0 Å². The lowest BCUT2D eigenvalue weighted by Gasteiger charge is -2.29. The van der Waals surface area contributed by atoms with E-state index in [2.05, 4.69) is 73.0 Å². The van der Waals surface area contributed by atoms with Crippen molar-refractivity contribution in [3.63, 3.8) is 0 Å². The molecule has 0 aromatic heterocycles. The molecule has 0 aliphatic heterocycles. The highest BCUT2D eigenvalue weighted by Crippen LogP contribution is 2.30. The Morgan fingerprint density at radius 3 is 2.14 bits per heavy atom. The van der Waals surface area contributed by atoms with Crippen LogP contribution in [0.5, 0.6) is 0 Å². The molecule has 2 atom stereocenters. The molecular weight excluding hydrogens is 376 g/mol. The molecule has 7 nitrogen and oxygen atoms in total. The Labute approximate surface area is 150 Å². The van der Waals surface area contributed by atoms with Crippen LogP contribution in [0.3, 0.4) is 0 Å². The van der Waals surface area contributed by atoms with Crippen LogP contribution in [0.1, 0.15) is 12.8 Å². The first kappa shape index (κ1) is 21.3. The minimum absolute atomic E-state index is 0.0748. The van der Waals surface area contributed by atoms with Gasteiger partial charge in [0.2, 0.25) is 0 Å². The normalized spacial score (nSPS) is 15.2. The average molecular weight is 393 g/mol. The summed E-state index contributed by atoms with van der Waals surface area (Å²) in [6.07, 6.45) is -1.22. The van der Waals surface area contributed by atoms with E-state index in [0.717, 1.165) is 3.71 Å². The Hall–Kier alpha value is 0.280. The Kier molecular flexibility index (Phi) is 10.3. The standard InChI is InChI=1S/C9H16N2O5S5/c10-5(1-3-17)6(12)15-8(14)16-7(13)9(19,2-4-18)11(20)21/h5,17-21H,1-4,10H2/t5-,9+/m0/s1. The molecule has 0 amide bonds. The van der Waals surface area contributed by atoms with Crippen LogP contribution < -0.4 is 5.73 Å². The fourth-order valence-electron chi connectivity index (χ4n) is 1.03. The number of carbonyl (C=O) groups is 3. The molecule has 0 unspecified atom stereocenters. The quantitative estimate of drug-likeness (QED) is 0.165. The molecule has 0 heterocycles. The van der Waals surface area contributed by atoms with Gasteiger partial charge in [-0.3, -0.25) is 0 Å². The number of hydrogen-bond donors (Lipinski definition) is 6. The summed E-state index contributed by atoms with van der Waals surface area (Å²) >= 11 is 19.6. The Morgan fingerprint density at radius 1 is 1.14 bits per heavy atom.